The van der Waals surface area contributed by atoms with Crippen molar-refractivity contribution < 1.29 is 9.59 Å². The Morgan fingerprint density at radius 3 is 2.00 bits per heavy atom. The van der Waals surface area contributed by atoms with Crippen molar-refractivity contribution in [3.8, 4) is 0 Å². The summed E-state index contributed by atoms with van der Waals surface area (Å²) >= 11 is 0. The molecule has 4 heteroatoms. The number of nitrogens with zero attached hydrogens (tertiary/aromatic N) is 2. The van der Waals surface area contributed by atoms with Crippen molar-refractivity contribution in [3.05, 3.63) is 60.2 Å². The maximum Gasteiger partial charge on any atom is 0.238 e. The van der Waals surface area contributed by atoms with Crippen LogP contribution >= 0.6 is 0 Å². The third-order valence-electron chi connectivity index (χ3n) is 2.73. The Kier molecular flexibility index (Phi) is 3.44. The zero-order valence-corrected chi connectivity index (χ0v) is 9.48. The van der Waals surface area contributed by atoms with Crippen molar-refractivity contribution in [2.75, 3.05) is 0 Å². The minimum Gasteiger partial charge on any atom is -0.211 e. The Labute approximate surface area is 104 Å². The minimum atomic E-state index is -1.27. The van der Waals surface area contributed by atoms with Crippen molar-refractivity contribution in [3.63, 3.8) is 0 Å². The average molecular weight is 238 g/mol. The van der Waals surface area contributed by atoms with E-state index < -0.39 is 5.66 Å². The molecule has 0 aliphatic heterocycles. The van der Waals surface area contributed by atoms with Gasteiger partial charge in [-0.3, -0.25) is 0 Å². The molecule has 0 unspecified atom stereocenters. The second-order valence-corrected chi connectivity index (χ2v) is 3.84. The molecule has 0 atom stereocenters. The molecule has 0 heterocycles. The summed E-state index contributed by atoms with van der Waals surface area (Å²) in [6.45, 7) is 0. The van der Waals surface area contributed by atoms with Crippen LogP contribution in [0, 0.1) is 0 Å². The van der Waals surface area contributed by atoms with E-state index in [4.69, 9.17) is 0 Å². The highest BCUT2D eigenvalue weighted by molar-refractivity contribution is 5.46. The van der Waals surface area contributed by atoms with Crippen LogP contribution in [0.2, 0.25) is 0 Å². The molecule has 88 valence electrons. The molecule has 0 aromatic heterocycles. The van der Waals surface area contributed by atoms with E-state index in [2.05, 4.69) is 9.98 Å². The van der Waals surface area contributed by atoms with E-state index in [-0.39, 0.29) is 5.92 Å². The Balaban J connectivity index is 2.30. The molecular weight excluding hydrogens is 228 g/mol. The van der Waals surface area contributed by atoms with Crippen molar-refractivity contribution in [2.45, 2.75) is 11.6 Å². The van der Waals surface area contributed by atoms with Crippen molar-refractivity contribution in [1.29, 1.82) is 0 Å². The number of carbonyl (C=O) groups excluding carboxylic acids is 2. The SMILES string of the molecule is O=C=NC1(N=C=O)C=CC(c2ccccc2)C=C1. The van der Waals surface area contributed by atoms with E-state index >= 15 is 0 Å². The van der Waals surface area contributed by atoms with Crippen LogP contribution in [0.4, 0.5) is 0 Å². The molecule has 0 fully saturated rings. The highest BCUT2D eigenvalue weighted by atomic mass is 16.1. The summed E-state index contributed by atoms with van der Waals surface area (Å²) in [6, 6.07) is 9.84. The molecule has 0 saturated heterocycles. The Bertz CT molecular complexity index is 543. The zero-order chi connectivity index (χ0) is 12.8. The summed E-state index contributed by atoms with van der Waals surface area (Å²) in [5, 5.41) is 0. The molecule has 1 aliphatic carbocycles. The van der Waals surface area contributed by atoms with Crippen LogP contribution in [0.1, 0.15) is 11.5 Å². The first-order chi connectivity index (χ1) is 8.79. The second kappa shape index (κ2) is 5.19. The van der Waals surface area contributed by atoms with Crippen molar-refractivity contribution >= 4 is 12.2 Å². The quantitative estimate of drug-likeness (QED) is 0.460. The van der Waals surface area contributed by atoms with Gasteiger partial charge in [0.15, 0.2) is 0 Å². The molecule has 0 radical (unpaired) electrons. The lowest BCUT2D eigenvalue weighted by molar-refractivity contribution is 0.544. The summed E-state index contributed by atoms with van der Waals surface area (Å²) in [7, 11) is 0. The molecule has 1 aromatic rings. The second-order valence-electron chi connectivity index (χ2n) is 3.84. The summed E-state index contributed by atoms with van der Waals surface area (Å²) in [6.07, 6.45) is 9.72. The Morgan fingerprint density at radius 2 is 1.50 bits per heavy atom. The average Bonchev–Trinajstić information content (AvgIpc) is 2.41. The normalized spacial score (nSPS) is 25.0. The van der Waals surface area contributed by atoms with Crippen LogP contribution in [0.5, 0.6) is 0 Å². The molecular formula is C14H10N2O2. The lowest BCUT2D eigenvalue weighted by atomic mass is 9.91. The van der Waals surface area contributed by atoms with Crippen LogP contribution in [-0.4, -0.2) is 17.8 Å². The molecule has 0 bridgehead atoms. The van der Waals surface area contributed by atoms with Gasteiger partial charge in [-0.05, 0) is 17.7 Å². The van der Waals surface area contributed by atoms with Crippen molar-refractivity contribution in [1.82, 2.24) is 0 Å². The first-order valence-corrected chi connectivity index (χ1v) is 5.41. The molecule has 1 aromatic carbocycles. The number of isocyanates is 2. The van der Waals surface area contributed by atoms with Crippen LogP contribution in [0.25, 0.3) is 0 Å². The van der Waals surface area contributed by atoms with Crippen LogP contribution in [0.15, 0.2) is 64.6 Å². The lowest BCUT2D eigenvalue weighted by Crippen LogP contribution is -2.20. The van der Waals surface area contributed by atoms with Gasteiger partial charge in [0.2, 0.25) is 17.8 Å². The number of hydrogen-bond acceptors (Lipinski definition) is 4. The number of hydrogen-bond donors (Lipinski definition) is 0. The predicted octanol–water partition coefficient (Wildman–Crippen LogP) is 2.26. The Morgan fingerprint density at radius 1 is 0.944 bits per heavy atom. The molecule has 1 aliphatic rings. The van der Waals surface area contributed by atoms with E-state index in [1.165, 1.54) is 12.2 Å². The number of benzene rings is 1. The van der Waals surface area contributed by atoms with E-state index in [9.17, 15) is 9.59 Å². The molecule has 0 N–H and O–H groups in total. The van der Waals surface area contributed by atoms with Crippen LogP contribution in [0.3, 0.4) is 0 Å². The molecule has 0 saturated carbocycles. The predicted molar refractivity (Wildman–Crippen MR) is 66.4 cm³/mol. The maximum atomic E-state index is 10.4. The van der Waals surface area contributed by atoms with Gasteiger partial charge < -0.3 is 0 Å². The first-order valence-electron chi connectivity index (χ1n) is 5.41. The summed E-state index contributed by atoms with van der Waals surface area (Å²) in [5.41, 5.74) is -0.154. The van der Waals surface area contributed by atoms with Gasteiger partial charge in [0.05, 0.1) is 0 Å². The van der Waals surface area contributed by atoms with Gasteiger partial charge >= 0.3 is 0 Å². The molecule has 18 heavy (non-hydrogen) atoms. The third-order valence-corrected chi connectivity index (χ3v) is 2.73. The fraction of sp³-hybridized carbons (Fsp3) is 0.143. The number of aliphatic imine (C=N–C) groups is 2. The molecule has 4 nitrogen and oxygen atoms in total. The van der Waals surface area contributed by atoms with Gasteiger partial charge in [-0.15, -0.1) is 0 Å². The number of allylic oxidation sites excluding steroid dienone is 2. The van der Waals surface area contributed by atoms with Gasteiger partial charge in [0.1, 0.15) is 0 Å². The van der Waals surface area contributed by atoms with Gasteiger partial charge in [0.25, 0.3) is 0 Å². The van der Waals surface area contributed by atoms with E-state index in [0.717, 1.165) is 5.56 Å². The van der Waals surface area contributed by atoms with Crippen LogP contribution in [-0.2, 0) is 9.59 Å². The summed E-state index contributed by atoms with van der Waals surface area (Å²) in [4.78, 5) is 27.8. The highest BCUT2D eigenvalue weighted by Gasteiger charge is 2.26. The largest absolute Gasteiger partial charge is 0.238 e. The lowest BCUT2D eigenvalue weighted by Gasteiger charge is -2.20. The van der Waals surface area contributed by atoms with Gasteiger partial charge in [0, 0.05) is 5.92 Å². The topological polar surface area (TPSA) is 58.9 Å². The van der Waals surface area contributed by atoms with Gasteiger partial charge in [-0.1, -0.05) is 42.5 Å². The summed E-state index contributed by atoms with van der Waals surface area (Å²) < 4.78 is 0. The molecule has 2 rings (SSSR count). The van der Waals surface area contributed by atoms with Gasteiger partial charge in [-0.2, -0.15) is 9.98 Å². The molecule has 0 amide bonds. The van der Waals surface area contributed by atoms with Gasteiger partial charge in [-0.25, -0.2) is 9.59 Å². The molecule has 0 spiro atoms. The van der Waals surface area contributed by atoms with Crippen molar-refractivity contribution in [2.24, 2.45) is 9.98 Å². The highest BCUT2D eigenvalue weighted by Crippen LogP contribution is 2.29. The smallest absolute Gasteiger partial charge is 0.211 e. The maximum absolute atomic E-state index is 10.4. The zero-order valence-electron chi connectivity index (χ0n) is 9.48. The summed E-state index contributed by atoms with van der Waals surface area (Å²) in [5.74, 6) is 0.0861. The fourth-order valence-corrected chi connectivity index (χ4v) is 1.83. The Hall–Kier alpha value is -2.54. The first kappa shape index (κ1) is 11.9. The third kappa shape index (κ3) is 2.41. The van der Waals surface area contributed by atoms with E-state index in [1.54, 1.807) is 12.2 Å². The number of rotatable bonds is 3. The fourth-order valence-electron chi connectivity index (χ4n) is 1.83. The standard InChI is InChI=1S/C14H10N2O2/c17-10-15-14(16-11-18)8-6-13(7-9-14)12-4-2-1-3-5-12/h1-9,13H. The van der Waals surface area contributed by atoms with Crippen LogP contribution < -0.4 is 0 Å². The van der Waals surface area contributed by atoms with E-state index in [0.29, 0.717) is 0 Å². The van der Waals surface area contributed by atoms with E-state index in [1.807, 2.05) is 42.5 Å². The minimum absolute atomic E-state index is 0.0861. The monoisotopic (exact) mass is 238 g/mol.